The molecule has 2 atom stereocenters. The maximum absolute atomic E-state index is 12.5. The van der Waals surface area contributed by atoms with E-state index in [9.17, 15) is 9.59 Å². The molecule has 3 aliphatic rings. The zero-order valence-corrected chi connectivity index (χ0v) is 16.4. The van der Waals surface area contributed by atoms with Gasteiger partial charge in [0.15, 0.2) is 0 Å². The first-order valence-corrected chi connectivity index (χ1v) is 10.1. The quantitative estimate of drug-likeness (QED) is 0.740. The molecule has 0 radical (unpaired) electrons. The van der Waals surface area contributed by atoms with Gasteiger partial charge in [-0.1, -0.05) is 12.1 Å². The van der Waals surface area contributed by atoms with Crippen LogP contribution in [0.2, 0.25) is 0 Å². The lowest BCUT2D eigenvalue weighted by atomic mass is 10.1. The summed E-state index contributed by atoms with van der Waals surface area (Å²) < 4.78 is 23.1. The van der Waals surface area contributed by atoms with Gasteiger partial charge in [-0.3, -0.25) is 14.7 Å². The molecule has 0 aliphatic carbocycles. The minimum absolute atomic E-state index is 0.0277. The summed E-state index contributed by atoms with van der Waals surface area (Å²) >= 11 is 0. The first-order chi connectivity index (χ1) is 14.7. The van der Waals surface area contributed by atoms with Gasteiger partial charge in [-0.2, -0.15) is 0 Å². The third-order valence-electron chi connectivity index (χ3n) is 5.67. The fourth-order valence-corrected chi connectivity index (χ4v) is 4.05. The largest absolute Gasteiger partial charge is 0.485 e. The summed E-state index contributed by atoms with van der Waals surface area (Å²) in [6.45, 7) is 2.45. The average molecular weight is 413 g/mol. The minimum Gasteiger partial charge on any atom is -0.485 e. The normalized spacial score (nSPS) is 24.6. The predicted octanol–water partition coefficient (Wildman–Crippen LogP) is 1.06. The number of cyclic esters (lactones) is 1. The molecular weight excluding hydrogens is 390 g/mol. The van der Waals surface area contributed by atoms with Gasteiger partial charge in [0.2, 0.25) is 5.91 Å². The Morgan fingerprint density at radius 2 is 1.97 bits per heavy atom. The maximum Gasteiger partial charge on any atom is 0.410 e. The Labute approximate surface area is 173 Å². The number of amides is 2. The third kappa shape index (κ3) is 3.78. The Morgan fingerprint density at radius 3 is 2.70 bits per heavy atom. The van der Waals surface area contributed by atoms with Crippen LogP contribution in [0.5, 0.6) is 5.75 Å². The van der Waals surface area contributed by atoms with Crippen molar-refractivity contribution in [2.24, 2.45) is 0 Å². The number of fused-ring (bicyclic) bond motifs is 2. The highest BCUT2D eigenvalue weighted by Gasteiger charge is 2.40. The van der Waals surface area contributed by atoms with E-state index < -0.39 is 6.09 Å². The first kappa shape index (κ1) is 19.1. The number of aromatic nitrogens is 1. The van der Waals surface area contributed by atoms with Crippen LogP contribution in [0.1, 0.15) is 0 Å². The van der Waals surface area contributed by atoms with Gasteiger partial charge in [-0.15, -0.1) is 0 Å². The molecule has 0 saturated carbocycles. The van der Waals surface area contributed by atoms with Gasteiger partial charge >= 0.3 is 6.09 Å². The summed E-state index contributed by atoms with van der Waals surface area (Å²) in [5.74, 6) is 0.653. The third-order valence-corrected chi connectivity index (χ3v) is 5.67. The van der Waals surface area contributed by atoms with E-state index in [4.69, 9.17) is 18.9 Å². The van der Waals surface area contributed by atoms with E-state index in [1.807, 2.05) is 24.3 Å². The number of nitrogens with zero attached hydrogens (tertiary/aromatic N) is 3. The van der Waals surface area contributed by atoms with Crippen LogP contribution in [0, 0.1) is 0 Å². The predicted molar refractivity (Wildman–Crippen MR) is 105 cm³/mol. The molecular formula is C21H23N3O6. The average Bonchev–Trinajstić information content (AvgIpc) is 3.31. The van der Waals surface area contributed by atoms with Gasteiger partial charge in [0.1, 0.15) is 37.2 Å². The SMILES string of the molecule is O=C(CN1CCOC1=O)N1C[C@@H]2OCC(Oc3cccc4cnccc34)CO[C@H]2C1. The second-order valence-corrected chi connectivity index (χ2v) is 7.67. The number of ether oxygens (including phenoxy) is 4. The fraction of sp³-hybridized carbons (Fsp3) is 0.476. The molecule has 9 heteroatoms. The highest BCUT2D eigenvalue weighted by Crippen LogP contribution is 2.27. The summed E-state index contributed by atoms with van der Waals surface area (Å²) in [5, 5.41) is 2.01. The van der Waals surface area contributed by atoms with Crippen LogP contribution in [0.4, 0.5) is 4.79 Å². The topological polar surface area (TPSA) is 90.4 Å². The standard InChI is InChI=1S/C21H23N3O6/c25-20(11-23-6-7-27-21(23)26)24-9-18-19(10-24)29-13-15(12-28-18)30-17-3-1-2-14-8-22-5-4-16(14)17/h1-5,8,15,18-19H,6-7,9-13H2/t18-,19-/m0/s1. The number of carbonyl (C=O) groups excluding carboxylic acids is 2. The summed E-state index contributed by atoms with van der Waals surface area (Å²) in [4.78, 5) is 31.4. The number of hydrogen-bond donors (Lipinski definition) is 0. The molecule has 3 aliphatic heterocycles. The van der Waals surface area contributed by atoms with Crippen molar-refractivity contribution in [3.8, 4) is 5.75 Å². The summed E-state index contributed by atoms with van der Waals surface area (Å²) in [7, 11) is 0. The van der Waals surface area contributed by atoms with Gasteiger partial charge in [0.05, 0.1) is 19.8 Å². The lowest BCUT2D eigenvalue weighted by molar-refractivity contribution is -0.131. The van der Waals surface area contributed by atoms with Crippen molar-refractivity contribution in [2.45, 2.75) is 18.3 Å². The smallest absolute Gasteiger partial charge is 0.410 e. The van der Waals surface area contributed by atoms with Crippen molar-refractivity contribution in [1.29, 1.82) is 0 Å². The zero-order valence-electron chi connectivity index (χ0n) is 16.4. The van der Waals surface area contributed by atoms with Crippen LogP contribution in [0.3, 0.4) is 0 Å². The number of likely N-dealkylation sites (tertiary alicyclic amines) is 1. The highest BCUT2D eigenvalue weighted by atomic mass is 16.6. The minimum atomic E-state index is -0.437. The van der Waals surface area contributed by atoms with Gasteiger partial charge < -0.3 is 23.8 Å². The van der Waals surface area contributed by atoms with Crippen molar-refractivity contribution >= 4 is 22.8 Å². The van der Waals surface area contributed by atoms with Gasteiger partial charge in [0, 0.05) is 36.3 Å². The molecule has 5 rings (SSSR count). The van der Waals surface area contributed by atoms with E-state index in [0.717, 1.165) is 16.5 Å². The molecule has 1 aromatic carbocycles. The number of carbonyl (C=O) groups is 2. The Hall–Kier alpha value is -2.91. The molecule has 0 spiro atoms. The Kier molecular flexibility index (Phi) is 5.14. The van der Waals surface area contributed by atoms with E-state index in [2.05, 4.69) is 4.98 Å². The first-order valence-electron chi connectivity index (χ1n) is 10.1. The molecule has 2 amide bonds. The molecule has 0 N–H and O–H groups in total. The Balaban J connectivity index is 1.18. The van der Waals surface area contributed by atoms with E-state index in [0.29, 0.717) is 39.5 Å². The van der Waals surface area contributed by atoms with E-state index in [1.54, 1.807) is 17.3 Å². The van der Waals surface area contributed by atoms with Crippen molar-refractivity contribution in [3.63, 3.8) is 0 Å². The number of rotatable bonds is 4. The van der Waals surface area contributed by atoms with Gasteiger partial charge in [-0.05, 0) is 12.1 Å². The van der Waals surface area contributed by atoms with Crippen molar-refractivity contribution in [2.75, 3.05) is 46.0 Å². The van der Waals surface area contributed by atoms with Crippen LogP contribution < -0.4 is 4.74 Å². The van der Waals surface area contributed by atoms with Crippen LogP contribution in [0.15, 0.2) is 36.7 Å². The molecule has 30 heavy (non-hydrogen) atoms. The number of hydrogen-bond acceptors (Lipinski definition) is 7. The van der Waals surface area contributed by atoms with Crippen LogP contribution in [-0.4, -0.2) is 91.1 Å². The fourth-order valence-electron chi connectivity index (χ4n) is 4.05. The highest BCUT2D eigenvalue weighted by molar-refractivity contribution is 5.87. The van der Waals surface area contributed by atoms with Crippen molar-refractivity contribution in [1.82, 2.24) is 14.8 Å². The maximum atomic E-state index is 12.5. The summed E-state index contributed by atoms with van der Waals surface area (Å²) in [6.07, 6.45) is 2.47. The van der Waals surface area contributed by atoms with Crippen molar-refractivity contribution in [3.05, 3.63) is 36.7 Å². The molecule has 1 aromatic heterocycles. The van der Waals surface area contributed by atoms with Crippen LogP contribution in [0.25, 0.3) is 10.8 Å². The molecule has 9 nitrogen and oxygen atoms in total. The van der Waals surface area contributed by atoms with Gasteiger partial charge in [0.25, 0.3) is 0 Å². The summed E-state index contributed by atoms with van der Waals surface area (Å²) in [5.41, 5.74) is 0. The lowest BCUT2D eigenvalue weighted by Crippen LogP contribution is -2.40. The molecule has 4 heterocycles. The zero-order chi connectivity index (χ0) is 20.5. The van der Waals surface area contributed by atoms with Crippen LogP contribution in [-0.2, 0) is 19.0 Å². The van der Waals surface area contributed by atoms with E-state index >= 15 is 0 Å². The van der Waals surface area contributed by atoms with Crippen molar-refractivity contribution < 1.29 is 28.5 Å². The molecule has 0 unspecified atom stereocenters. The van der Waals surface area contributed by atoms with E-state index in [1.165, 1.54) is 4.90 Å². The molecule has 158 valence electrons. The Bertz CT molecular complexity index is 932. The number of pyridine rings is 1. The number of benzene rings is 1. The van der Waals surface area contributed by atoms with E-state index in [-0.39, 0.29) is 30.8 Å². The second kappa shape index (κ2) is 8.08. The Morgan fingerprint density at radius 1 is 1.17 bits per heavy atom. The molecule has 3 fully saturated rings. The second-order valence-electron chi connectivity index (χ2n) is 7.67. The van der Waals surface area contributed by atoms with Gasteiger partial charge in [-0.25, -0.2) is 4.79 Å². The molecule has 2 aromatic rings. The van der Waals surface area contributed by atoms with Crippen LogP contribution >= 0.6 is 0 Å². The molecule has 3 saturated heterocycles. The summed E-state index contributed by atoms with van der Waals surface area (Å²) in [6, 6.07) is 7.79. The lowest BCUT2D eigenvalue weighted by Gasteiger charge is -2.21. The monoisotopic (exact) mass is 413 g/mol. The molecule has 0 bridgehead atoms.